The summed E-state index contributed by atoms with van der Waals surface area (Å²) in [6.07, 6.45) is 20.8. The van der Waals surface area contributed by atoms with Crippen LogP contribution >= 0.6 is 0 Å². The SMILES string of the molecule is CC1(C)C=C[C-]=CC1.CC1(C)C=C[C-]=CC1.C[Si](C)=[Zr+2].[Cl-].[Cl-]. The molecule has 0 nitrogen and oxygen atoms in total. The molecule has 0 bridgehead atoms. The fourth-order valence-electron chi connectivity index (χ4n) is 1.46. The van der Waals surface area contributed by atoms with E-state index in [-0.39, 0.29) is 30.2 Å². The molecule has 124 valence electrons. The van der Waals surface area contributed by atoms with Gasteiger partial charge in [-0.15, -0.1) is 0 Å². The molecule has 2 rings (SSSR count). The van der Waals surface area contributed by atoms with Gasteiger partial charge in [-0.2, -0.15) is 12.2 Å². The molecule has 0 fully saturated rings. The first-order chi connectivity index (χ1) is 9.15. The summed E-state index contributed by atoms with van der Waals surface area (Å²) in [6.45, 7) is 13.5. The van der Waals surface area contributed by atoms with Gasteiger partial charge in [0.05, 0.1) is 0 Å². The maximum atomic E-state index is 3.03. The Morgan fingerprint density at radius 2 is 1.09 bits per heavy atom. The van der Waals surface area contributed by atoms with Crippen LogP contribution in [0.3, 0.4) is 0 Å². The molecule has 2 aliphatic carbocycles. The van der Waals surface area contributed by atoms with Gasteiger partial charge in [-0.3, -0.25) is 12.2 Å². The van der Waals surface area contributed by atoms with Crippen molar-refractivity contribution in [3.63, 3.8) is 0 Å². The minimum Gasteiger partial charge on any atom is -1.00 e. The van der Waals surface area contributed by atoms with Crippen molar-refractivity contribution >= 4 is 5.43 Å². The Morgan fingerprint density at radius 1 is 0.818 bits per heavy atom. The molecule has 0 aromatic rings. The van der Waals surface area contributed by atoms with Gasteiger partial charge in [0.1, 0.15) is 0 Å². The van der Waals surface area contributed by atoms with Crippen molar-refractivity contribution in [3.05, 3.63) is 48.6 Å². The third-order valence-electron chi connectivity index (χ3n) is 2.75. The van der Waals surface area contributed by atoms with Crippen molar-refractivity contribution in [1.29, 1.82) is 0 Å². The summed E-state index contributed by atoms with van der Waals surface area (Å²) in [5, 5.41) is 0. The van der Waals surface area contributed by atoms with Crippen molar-refractivity contribution in [2.45, 2.75) is 53.6 Å². The van der Waals surface area contributed by atoms with Gasteiger partial charge < -0.3 is 24.8 Å². The Balaban J connectivity index is -0.000000249. The summed E-state index contributed by atoms with van der Waals surface area (Å²) >= 11 is 1.74. The fraction of sp³-hybridized carbons (Fsp3) is 0.556. The second-order valence-electron chi connectivity index (χ2n) is 6.79. The topological polar surface area (TPSA) is 0 Å². The largest absolute Gasteiger partial charge is 1.00 e. The fourth-order valence-corrected chi connectivity index (χ4v) is 1.46. The molecule has 2 aliphatic rings. The quantitative estimate of drug-likeness (QED) is 0.355. The van der Waals surface area contributed by atoms with Gasteiger partial charge in [0.25, 0.3) is 0 Å². The van der Waals surface area contributed by atoms with Crippen LogP contribution in [0.4, 0.5) is 0 Å². The van der Waals surface area contributed by atoms with Crippen LogP contribution in [0.5, 0.6) is 0 Å². The Kier molecular flexibility index (Phi) is 17.5. The van der Waals surface area contributed by atoms with Crippen LogP contribution in [0, 0.1) is 23.0 Å². The molecule has 0 N–H and O–H groups in total. The molecule has 0 radical (unpaired) electrons. The Hall–Kier alpha value is 0.640. The first-order valence-corrected chi connectivity index (χ1v) is 13.4. The van der Waals surface area contributed by atoms with Crippen molar-refractivity contribution in [2.24, 2.45) is 10.8 Å². The van der Waals surface area contributed by atoms with E-state index in [1.165, 1.54) is 0 Å². The molecular formula is C18H28Cl2SiZr-2. The van der Waals surface area contributed by atoms with Crippen LogP contribution in [-0.4, -0.2) is 5.43 Å². The standard InChI is InChI=1S/2C8H11.C2H6Si.2ClH.Zr/c2*1-8(2)6-4-3-5-7-8;1-3-2;;;/h2*4-6H,7H2,1-2H3;1-2H3;2*1H;/q2*-1;;;;+2/p-2. The van der Waals surface area contributed by atoms with Gasteiger partial charge in [-0.25, -0.2) is 24.3 Å². The molecule has 0 aromatic heterocycles. The van der Waals surface area contributed by atoms with Crippen molar-refractivity contribution in [3.8, 4) is 0 Å². The van der Waals surface area contributed by atoms with Gasteiger partial charge >= 0.3 is 41.9 Å². The molecule has 0 unspecified atom stereocenters. The van der Waals surface area contributed by atoms with Crippen LogP contribution in [0.1, 0.15) is 40.5 Å². The normalized spacial score (nSPS) is 18.5. The number of hydrogen-bond donors (Lipinski definition) is 0. The predicted octanol–water partition coefficient (Wildman–Crippen LogP) is -0.544. The first-order valence-electron chi connectivity index (χ1n) is 7.17. The number of allylic oxidation sites excluding steroid dienone is 8. The Bertz CT molecular complexity index is 381. The van der Waals surface area contributed by atoms with E-state index in [1.54, 1.807) is 23.3 Å². The molecule has 0 atom stereocenters. The van der Waals surface area contributed by atoms with E-state index in [0.29, 0.717) is 10.8 Å². The summed E-state index contributed by atoms with van der Waals surface area (Å²) in [7, 11) is 0. The number of rotatable bonds is 0. The monoisotopic (exact) mass is 432 g/mol. The maximum absolute atomic E-state index is 3.03. The second-order valence-corrected chi connectivity index (χ2v) is 16.2. The van der Waals surface area contributed by atoms with E-state index in [0.717, 1.165) is 12.8 Å². The van der Waals surface area contributed by atoms with Gasteiger partial charge in [0.2, 0.25) is 0 Å². The molecule has 0 aromatic carbocycles. The van der Waals surface area contributed by atoms with Crippen LogP contribution in [0.25, 0.3) is 0 Å². The molecule has 0 amide bonds. The maximum Gasteiger partial charge on any atom is -1.00 e. The summed E-state index contributed by atoms with van der Waals surface area (Å²) in [5.74, 6) is 0. The zero-order valence-corrected chi connectivity index (χ0v) is 19.6. The zero-order chi connectivity index (χ0) is 15.6. The van der Waals surface area contributed by atoms with E-state index >= 15 is 0 Å². The minimum atomic E-state index is 0. The van der Waals surface area contributed by atoms with Crippen LogP contribution in [0.15, 0.2) is 36.5 Å². The molecule has 0 saturated heterocycles. The van der Waals surface area contributed by atoms with E-state index in [2.05, 4.69) is 77.2 Å². The van der Waals surface area contributed by atoms with Gasteiger partial charge in [-0.05, 0) is 0 Å². The molecule has 0 saturated carbocycles. The van der Waals surface area contributed by atoms with Gasteiger partial charge in [-0.1, -0.05) is 51.4 Å². The Labute approximate surface area is 165 Å². The molecule has 0 aliphatic heterocycles. The number of halogens is 2. The van der Waals surface area contributed by atoms with E-state index in [1.807, 2.05) is 12.2 Å². The zero-order valence-electron chi connectivity index (χ0n) is 14.6. The predicted molar refractivity (Wildman–Crippen MR) is 88.2 cm³/mol. The van der Waals surface area contributed by atoms with Gasteiger partial charge in [0.15, 0.2) is 0 Å². The van der Waals surface area contributed by atoms with Crippen molar-refractivity contribution in [2.75, 3.05) is 0 Å². The molecule has 22 heavy (non-hydrogen) atoms. The summed E-state index contributed by atoms with van der Waals surface area (Å²) < 4.78 is 0. The smallest absolute Gasteiger partial charge is 1.00 e. The summed E-state index contributed by atoms with van der Waals surface area (Å²) in [4.78, 5) is 0. The van der Waals surface area contributed by atoms with E-state index in [9.17, 15) is 0 Å². The Morgan fingerprint density at radius 3 is 1.18 bits per heavy atom. The third kappa shape index (κ3) is 18.7. The summed E-state index contributed by atoms with van der Waals surface area (Å²) in [6, 6.07) is 0. The average molecular weight is 435 g/mol. The van der Waals surface area contributed by atoms with Crippen LogP contribution < -0.4 is 24.8 Å². The average Bonchev–Trinajstić information content (AvgIpc) is 2.28. The minimum absolute atomic E-state index is 0. The summed E-state index contributed by atoms with van der Waals surface area (Å²) in [5.41, 5.74) is 0.971. The molecule has 4 heteroatoms. The third-order valence-corrected chi connectivity index (χ3v) is 2.75. The molecular weight excluding hydrogens is 406 g/mol. The first kappa shape index (κ1) is 27.5. The van der Waals surface area contributed by atoms with Crippen molar-refractivity contribution < 1.29 is 48.1 Å². The van der Waals surface area contributed by atoms with Crippen LogP contribution in [0.2, 0.25) is 13.1 Å². The number of hydrogen-bond acceptors (Lipinski definition) is 0. The van der Waals surface area contributed by atoms with Crippen LogP contribution in [-0.2, 0) is 23.3 Å². The van der Waals surface area contributed by atoms with E-state index in [4.69, 9.17) is 0 Å². The second kappa shape index (κ2) is 14.0. The molecule has 0 heterocycles. The van der Waals surface area contributed by atoms with Gasteiger partial charge in [0, 0.05) is 0 Å². The van der Waals surface area contributed by atoms with Crippen molar-refractivity contribution in [1.82, 2.24) is 0 Å². The molecule has 0 spiro atoms. The van der Waals surface area contributed by atoms with E-state index < -0.39 is 0 Å².